The highest BCUT2D eigenvalue weighted by molar-refractivity contribution is 6.02. The molecule has 0 saturated carbocycles. The molecule has 3 aromatic rings. The lowest BCUT2D eigenvalue weighted by Crippen LogP contribution is -2.24. The molecule has 1 saturated heterocycles. The van der Waals surface area contributed by atoms with Crippen LogP contribution in [-0.4, -0.2) is 23.3 Å². The minimum absolute atomic E-state index is 0.0753. The maximum Gasteiger partial charge on any atom is 0.249 e. The van der Waals surface area contributed by atoms with E-state index in [9.17, 15) is 9.59 Å². The van der Waals surface area contributed by atoms with E-state index in [4.69, 9.17) is 0 Å². The lowest BCUT2D eigenvalue weighted by atomic mass is 9.99. The molecular weight excluding hydrogens is 362 g/mol. The van der Waals surface area contributed by atoms with E-state index < -0.39 is 0 Å². The van der Waals surface area contributed by atoms with Crippen LogP contribution in [0.2, 0.25) is 0 Å². The number of nitrogens with one attached hydrogen (secondary N) is 1. The number of nitrogens with zero attached hydrogens (tertiary/aromatic N) is 2. The second-order valence-electron chi connectivity index (χ2n) is 6.95. The molecule has 1 aliphatic heterocycles. The molecule has 5 nitrogen and oxygen atoms in total. The Kier molecular flexibility index (Phi) is 5.47. The van der Waals surface area contributed by atoms with Gasteiger partial charge in [-0.25, -0.2) is 4.98 Å². The highest BCUT2D eigenvalue weighted by Crippen LogP contribution is 2.32. The van der Waals surface area contributed by atoms with Gasteiger partial charge in [-0.2, -0.15) is 0 Å². The smallest absolute Gasteiger partial charge is 0.249 e. The molecule has 5 heteroatoms. The summed E-state index contributed by atoms with van der Waals surface area (Å²) in [5.74, 6) is 0.393. The molecule has 0 bridgehead atoms. The molecule has 2 aromatic carbocycles. The number of carbonyl (C=O) groups is 2. The molecule has 1 unspecified atom stereocenters. The Morgan fingerprint density at radius 2 is 1.76 bits per heavy atom. The van der Waals surface area contributed by atoms with Crippen LogP contribution in [-0.2, 0) is 9.59 Å². The normalized spacial score (nSPS) is 16.3. The van der Waals surface area contributed by atoms with E-state index >= 15 is 0 Å². The number of anilines is 2. The summed E-state index contributed by atoms with van der Waals surface area (Å²) >= 11 is 0. The van der Waals surface area contributed by atoms with Crippen molar-refractivity contribution >= 4 is 29.4 Å². The zero-order valence-corrected chi connectivity index (χ0v) is 15.9. The molecule has 1 atom stereocenters. The Morgan fingerprint density at radius 3 is 2.52 bits per heavy atom. The quantitative estimate of drug-likeness (QED) is 0.670. The van der Waals surface area contributed by atoms with Gasteiger partial charge in [-0.1, -0.05) is 60.7 Å². The van der Waals surface area contributed by atoms with E-state index in [0.717, 1.165) is 16.8 Å². The summed E-state index contributed by atoms with van der Waals surface area (Å²) in [5.41, 5.74) is 2.85. The van der Waals surface area contributed by atoms with Gasteiger partial charge < -0.3 is 10.2 Å². The highest BCUT2D eigenvalue weighted by atomic mass is 16.2. The Hall–Kier alpha value is -3.73. The zero-order valence-electron chi connectivity index (χ0n) is 15.9. The number of hydrogen-bond acceptors (Lipinski definition) is 3. The van der Waals surface area contributed by atoms with Crippen molar-refractivity contribution in [1.82, 2.24) is 4.98 Å². The molecule has 29 heavy (non-hydrogen) atoms. The third-order valence-electron chi connectivity index (χ3n) is 4.93. The van der Waals surface area contributed by atoms with E-state index in [1.165, 1.54) is 6.08 Å². The Morgan fingerprint density at radius 1 is 1.03 bits per heavy atom. The first-order chi connectivity index (χ1) is 14.2. The number of carbonyl (C=O) groups excluding carboxylic acids is 2. The van der Waals surface area contributed by atoms with Crippen molar-refractivity contribution in [3.05, 3.63) is 96.2 Å². The number of benzene rings is 2. The van der Waals surface area contributed by atoms with E-state index in [2.05, 4.69) is 22.4 Å². The van der Waals surface area contributed by atoms with Gasteiger partial charge in [-0.3, -0.25) is 9.59 Å². The largest absolute Gasteiger partial charge is 0.312 e. The molecule has 144 valence electrons. The number of hydrogen-bond donors (Lipinski definition) is 1. The van der Waals surface area contributed by atoms with Crippen molar-refractivity contribution in [2.24, 2.45) is 0 Å². The maximum absolute atomic E-state index is 12.6. The molecule has 1 aliphatic rings. The SMILES string of the molecule is O=C(/C=C/c1ccccc1)Nc1cc(N2CC(c3ccccc3)CC2=O)ccn1. The first-order valence-corrected chi connectivity index (χ1v) is 9.54. The van der Waals surface area contributed by atoms with Gasteiger partial charge in [0.15, 0.2) is 0 Å². The molecule has 0 radical (unpaired) electrons. The number of aromatic nitrogens is 1. The second-order valence-corrected chi connectivity index (χ2v) is 6.95. The Balaban J connectivity index is 1.44. The van der Waals surface area contributed by atoms with Gasteiger partial charge in [-0.05, 0) is 23.3 Å². The van der Waals surface area contributed by atoms with Crippen LogP contribution in [0.1, 0.15) is 23.5 Å². The van der Waals surface area contributed by atoms with Gasteiger partial charge in [0, 0.05) is 42.9 Å². The van der Waals surface area contributed by atoms with Gasteiger partial charge >= 0.3 is 0 Å². The molecule has 0 spiro atoms. The Labute approximate surface area is 169 Å². The third kappa shape index (κ3) is 4.58. The predicted molar refractivity (Wildman–Crippen MR) is 114 cm³/mol. The van der Waals surface area contributed by atoms with E-state index in [1.54, 1.807) is 29.3 Å². The summed E-state index contributed by atoms with van der Waals surface area (Å²) in [7, 11) is 0. The fourth-order valence-electron chi connectivity index (χ4n) is 3.47. The molecule has 2 heterocycles. The third-order valence-corrected chi connectivity index (χ3v) is 4.93. The lowest BCUT2D eigenvalue weighted by molar-refractivity contribution is -0.117. The Bertz CT molecular complexity index is 1030. The summed E-state index contributed by atoms with van der Waals surface area (Å²) in [6.45, 7) is 0.619. The van der Waals surface area contributed by atoms with Crippen molar-refractivity contribution in [2.75, 3.05) is 16.8 Å². The lowest BCUT2D eigenvalue weighted by Gasteiger charge is -2.17. The van der Waals surface area contributed by atoms with Crippen LogP contribution < -0.4 is 10.2 Å². The van der Waals surface area contributed by atoms with E-state index in [-0.39, 0.29) is 17.7 Å². The molecular formula is C24H21N3O2. The minimum Gasteiger partial charge on any atom is -0.312 e. The van der Waals surface area contributed by atoms with Crippen molar-refractivity contribution in [3.63, 3.8) is 0 Å². The number of rotatable bonds is 5. The van der Waals surface area contributed by atoms with Crippen molar-refractivity contribution < 1.29 is 9.59 Å². The highest BCUT2D eigenvalue weighted by Gasteiger charge is 2.31. The summed E-state index contributed by atoms with van der Waals surface area (Å²) in [4.78, 5) is 30.7. The number of pyridine rings is 1. The topological polar surface area (TPSA) is 62.3 Å². The summed E-state index contributed by atoms with van der Waals surface area (Å²) < 4.78 is 0. The average molecular weight is 383 g/mol. The monoisotopic (exact) mass is 383 g/mol. The van der Waals surface area contributed by atoms with Crippen LogP contribution in [0.5, 0.6) is 0 Å². The van der Waals surface area contributed by atoms with Crippen LogP contribution in [0.4, 0.5) is 11.5 Å². The van der Waals surface area contributed by atoms with Gasteiger partial charge in [0.2, 0.25) is 11.8 Å². The van der Waals surface area contributed by atoms with Crippen LogP contribution in [0.15, 0.2) is 85.1 Å². The molecule has 1 N–H and O–H groups in total. The standard InChI is InChI=1S/C24H21N3O2/c28-23(12-11-18-7-3-1-4-8-18)26-22-16-21(13-14-25-22)27-17-20(15-24(27)29)19-9-5-2-6-10-19/h1-14,16,20H,15,17H2,(H,25,26,28)/b12-11+. The van der Waals surface area contributed by atoms with Gasteiger partial charge in [0.25, 0.3) is 0 Å². The van der Waals surface area contributed by atoms with E-state index in [0.29, 0.717) is 18.8 Å². The first-order valence-electron chi connectivity index (χ1n) is 9.54. The summed E-state index contributed by atoms with van der Waals surface area (Å²) in [6.07, 6.45) is 5.30. The zero-order chi connectivity index (χ0) is 20.1. The van der Waals surface area contributed by atoms with Crippen molar-refractivity contribution in [3.8, 4) is 0 Å². The first kappa shape index (κ1) is 18.6. The minimum atomic E-state index is -0.270. The molecule has 4 rings (SSSR count). The van der Waals surface area contributed by atoms with Crippen LogP contribution in [0.25, 0.3) is 6.08 Å². The predicted octanol–water partition coefficient (Wildman–Crippen LogP) is 4.25. The molecule has 0 aliphatic carbocycles. The second kappa shape index (κ2) is 8.52. The van der Waals surface area contributed by atoms with Gasteiger partial charge in [0.05, 0.1) is 0 Å². The van der Waals surface area contributed by atoms with Crippen molar-refractivity contribution in [1.29, 1.82) is 0 Å². The summed E-state index contributed by atoms with van der Waals surface area (Å²) in [6, 6.07) is 23.2. The van der Waals surface area contributed by atoms with Gasteiger partial charge in [-0.15, -0.1) is 0 Å². The molecule has 2 amide bonds. The van der Waals surface area contributed by atoms with E-state index in [1.807, 2.05) is 48.5 Å². The maximum atomic E-state index is 12.6. The average Bonchev–Trinajstić information content (AvgIpc) is 3.15. The fraction of sp³-hybridized carbons (Fsp3) is 0.125. The summed E-state index contributed by atoms with van der Waals surface area (Å²) in [5, 5.41) is 2.76. The molecule has 1 aromatic heterocycles. The van der Waals surface area contributed by atoms with Gasteiger partial charge in [0.1, 0.15) is 5.82 Å². The van der Waals surface area contributed by atoms with Crippen LogP contribution >= 0.6 is 0 Å². The fourth-order valence-corrected chi connectivity index (χ4v) is 3.47. The number of amides is 2. The van der Waals surface area contributed by atoms with Crippen LogP contribution in [0.3, 0.4) is 0 Å². The molecule has 1 fully saturated rings. The van der Waals surface area contributed by atoms with Crippen LogP contribution in [0, 0.1) is 0 Å². The van der Waals surface area contributed by atoms with Crippen molar-refractivity contribution in [2.45, 2.75) is 12.3 Å².